The van der Waals surface area contributed by atoms with E-state index in [2.05, 4.69) is 16.1 Å². The highest BCUT2D eigenvalue weighted by Crippen LogP contribution is 2.36. The van der Waals surface area contributed by atoms with Crippen LogP contribution in [0.15, 0.2) is 48.4 Å². The lowest BCUT2D eigenvalue weighted by atomic mass is 9.86. The maximum absolute atomic E-state index is 13.3. The molecule has 0 spiro atoms. The van der Waals surface area contributed by atoms with Crippen LogP contribution in [0.4, 0.5) is 5.82 Å². The number of hydrogen-bond donors (Lipinski definition) is 0. The molecule has 0 aromatic carbocycles. The monoisotopic (exact) mass is 524 g/mol. The van der Waals surface area contributed by atoms with E-state index in [-0.39, 0.29) is 30.3 Å². The third-order valence-corrected chi connectivity index (χ3v) is 7.65. The molecule has 39 heavy (non-hydrogen) atoms. The summed E-state index contributed by atoms with van der Waals surface area (Å²) < 4.78 is 9.06. The third-order valence-electron chi connectivity index (χ3n) is 7.65. The summed E-state index contributed by atoms with van der Waals surface area (Å²) in [7, 11) is 0. The van der Waals surface area contributed by atoms with Crippen molar-refractivity contribution in [3.8, 4) is 22.9 Å². The van der Waals surface area contributed by atoms with Crippen molar-refractivity contribution in [2.24, 2.45) is 0 Å². The predicted molar refractivity (Wildman–Crippen MR) is 145 cm³/mol. The molecule has 2 amide bonds. The molecule has 2 atom stereocenters. The van der Waals surface area contributed by atoms with Crippen LogP contribution in [0.25, 0.3) is 16.6 Å². The van der Waals surface area contributed by atoms with Crippen LogP contribution >= 0.6 is 0 Å². The van der Waals surface area contributed by atoms with Crippen LogP contribution in [0.3, 0.4) is 0 Å². The van der Waals surface area contributed by atoms with Gasteiger partial charge in [0.25, 0.3) is 5.91 Å². The average Bonchev–Trinajstić information content (AvgIpc) is 3.37. The second kappa shape index (κ2) is 9.98. The van der Waals surface area contributed by atoms with Crippen molar-refractivity contribution < 1.29 is 18.9 Å². The lowest BCUT2D eigenvalue weighted by Gasteiger charge is -2.56. The molecule has 0 aliphatic carbocycles. The standard InChI is InChI=1S/C29H30N7O3/c1-3-9-33-15-20(6-8-27(33)37)29(38)36-22-10-23(36)17-34(16-22)26-7-5-19(13-31-26)25-11-24(39-4-2)18-35-28(25)21(12-30)14-32-35/h5-7,11,13-15,18,22-23H,3-4,8-10,16-17H2,1-2H3/q+1. The zero-order valence-electron chi connectivity index (χ0n) is 22.1. The Labute approximate surface area is 226 Å². The number of pyridine rings is 2. The summed E-state index contributed by atoms with van der Waals surface area (Å²) in [6.45, 7) is 6.53. The minimum Gasteiger partial charge on any atom is -0.492 e. The summed E-state index contributed by atoms with van der Waals surface area (Å²) in [5.41, 5.74) is 3.53. The summed E-state index contributed by atoms with van der Waals surface area (Å²) in [5, 5.41) is 13.9. The van der Waals surface area contributed by atoms with Crippen molar-refractivity contribution >= 4 is 29.4 Å². The Morgan fingerprint density at radius 2 is 2.05 bits per heavy atom. The third kappa shape index (κ3) is 4.34. The van der Waals surface area contributed by atoms with E-state index < -0.39 is 0 Å². The van der Waals surface area contributed by atoms with Crippen LogP contribution in [0, 0.1) is 11.3 Å². The summed E-state index contributed by atoms with van der Waals surface area (Å²) in [4.78, 5) is 34.4. The highest BCUT2D eigenvalue weighted by atomic mass is 16.5. The number of rotatable bonds is 7. The lowest BCUT2D eigenvalue weighted by Crippen LogP contribution is -2.70. The molecule has 3 fully saturated rings. The molecule has 0 saturated carbocycles. The van der Waals surface area contributed by atoms with Crippen molar-refractivity contribution in [3.05, 3.63) is 54.0 Å². The van der Waals surface area contributed by atoms with E-state index in [9.17, 15) is 14.9 Å². The van der Waals surface area contributed by atoms with Gasteiger partial charge in [-0.25, -0.2) is 14.3 Å². The van der Waals surface area contributed by atoms with Gasteiger partial charge in [-0.1, -0.05) is 13.0 Å². The number of carbonyl (C=O) groups excluding carboxylic acids is 2. The molecule has 10 heteroatoms. The van der Waals surface area contributed by atoms with Crippen LogP contribution < -0.4 is 9.64 Å². The highest BCUT2D eigenvalue weighted by molar-refractivity contribution is 6.13. The van der Waals surface area contributed by atoms with Gasteiger partial charge in [0, 0.05) is 36.8 Å². The second-order valence-corrected chi connectivity index (χ2v) is 10.1. The zero-order valence-corrected chi connectivity index (χ0v) is 22.1. The van der Waals surface area contributed by atoms with Gasteiger partial charge in [-0.2, -0.15) is 14.9 Å². The zero-order chi connectivity index (χ0) is 27.1. The Balaban J connectivity index is 1.19. The fourth-order valence-electron chi connectivity index (χ4n) is 5.83. The fourth-order valence-corrected chi connectivity index (χ4v) is 5.83. The minimum absolute atomic E-state index is 0.0140. The molecule has 0 radical (unpaired) electrons. The molecular formula is C29H30N7O3+. The van der Waals surface area contributed by atoms with E-state index in [1.807, 2.05) is 43.1 Å². The number of hydrogen-bond acceptors (Lipinski definition) is 7. The summed E-state index contributed by atoms with van der Waals surface area (Å²) in [5.74, 6) is 1.58. The number of amides is 2. The molecule has 2 bridgehead atoms. The molecule has 10 nitrogen and oxygen atoms in total. The highest BCUT2D eigenvalue weighted by Gasteiger charge is 2.48. The fraction of sp³-hybridized carbons (Fsp3) is 0.379. The number of carbonyl (C=O) groups is 2. The number of nitrogens with zero attached hydrogens (tertiary/aromatic N) is 7. The Kier molecular flexibility index (Phi) is 6.35. The minimum atomic E-state index is 0.0140. The quantitative estimate of drug-likeness (QED) is 0.438. The van der Waals surface area contributed by atoms with E-state index in [1.165, 1.54) is 0 Å². The first-order valence-corrected chi connectivity index (χ1v) is 13.4. The normalized spacial score (nSPS) is 20.3. The molecule has 3 aromatic heterocycles. The number of piperazine rings is 1. The van der Waals surface area contributed by atoms with E-state index in [0.29, 0.717) is 43.1 Å². The molecule has 3 aromatic rings. The van der Waals surface area contributed by atoms with Crippen LogP contribution in [0.2, 0.25) is 0 Å². The summed E-state index contributed by atoms with van der Waals surface area (Å²) in [6, 6.07) is 8.38. The van der Waals surface area contributed by atoms with Crippen molar-refractivity contribution in [2.45, 2.75) is 45.2 Å². The van der Waals surface area contributed by atoms with Gasteiger partial charge in [0.2, 0.25) is 0 Å². The second-order valence-electron chi connectivity index (χ2n) is 10.1. The Morgan fingerprint density at radius 1 is 1.23 bits per heavy atom. The Morgan fingerprint density at radius 3 is 2.74 bits per heavy atom. The lowest BCUT2D eigenvalue weighted by molar-refractivity contribution is -0.445. The summed E-state index contributed by atoms with van der Waals surface area (Å²) in [6.07, 6.45) is 10.7. The predicted octanol–water partition coefficient (Wildman–Crippen LogP) is 2.81. The number of piperidine rings is 1. The molecule has 4 aliphatic heterocycles. The number of aromatic nitrogens is 3. The molecular weight excluding hydrogens is 494 g/mol. The van der Waals surface area contributed by atoms with Crippen LogP contribution in [0.5, 0.6) is 5.75 Å². The van der Waals surface area contributed by atoms with Gasteiger partial charge in [0.05, 0.1) is 48.6 Å². The first kappa shape index (κ1) is 24.8. The average molecular weight is 525 g/mol. The largest absolute Gasteiger partial charge is 0.492 e. The maximum Gasteiger partial charge on any atom is 0.390 e. The Bertz CT molecular complexity index is 1550. The van der Waals surface area contributed by atoms with E-state index in [0.717, 1.165) is 35.3 Å². The molecule has 0 N–H and O–H groups in total. The van der Waals surface area contributed by atoms with E-state index in [4.69, 9.17) is 9.72 Å². The van der Waals surface area contributed by atoms with Gasteiger partial charge in [-0.15, -0.1) is 0 Å². The molecule has 7 heterocycles. The van der Waals surface area contributed by atoms with Crippen LogP contribution in [-0.2, 0) is 9.59 Å². The molecule has 7 rings (SSSR count). The van der Waals surface area contributed by atoms with Crippen molar-refractivity contribution in [3.63, 3.8) is 0 Å². The van der Waals surface area contributed by atoms with Crippen molar-refractivity contribution in [1.29, 1.82) is 5.26 Å². The van der Waals surface area contributed by atoms with Gasteiger partial charge < -0.3 is 14.5 Å². The number of nitriles is 1. The molecule has 4 aliphatic rings. The first-order valence-electron chi connectivity index (χ1n) is 13.4. The Hall–Kier alpha value is -4.52. The number of ether oxygens (including phenoxy) is 1. The first-order chi connectivity index (χ1) is 19.0. The molecule has 198 valence electrons. The number of fused-ring (bicyclic) bond motifs is 3. The topological polar surface area (TPSA) is 107 Å². The van der Waals surface area contributed by atoms with Gasteiger partial charge in [0.15, 0.2) is 12.8 Å². The van der Waals surface area contributed by atoms with E-state index in [1.54, 1.807) is 33.8 Å². The van der Waals surface area contributed by atoms with Gasteiger partial charge in [-0.05, 0) is 31.5 Å². The van der Waals surface area contributed by atoms with Gasteiger partial charge in [0.1, 0.15) is 23.2 Å². The molecule has 2 unspecified atom stereocenters. The maximum atomic E-state index is 13.3. The molecule has 3 saturated heterocycles. The van der Waals surface area contributed by atoms with Crippen LogP contribution in [0.1, 0.15) is 38.7 Å². The van der Waals surface area contributed by atoms with E-state index >= 15 is 0 Å². The van der Waals surface area contributed by atoms with Crippen molar-refractivity contribution in [2.75, 3.05) is 31.1 Å². The number of anilines is 1. The van der Waals surface area contributed by atoms with Crippen molar-refractivity contribution in [1.82, 2.24) is 19.5 Å². The van der Waals surface area contributed by atoms with Crippen LogP contribution in [-0.4, -0.2) is 80.4 Å². The SMILES string of the molecule is CCC[N+]1=CC(C(=O)N2C3CC2CN(c2ccc(-c4cc(OCC)cn5ncc(C#N)c45)cn2)C3)=CCC1=O. The summed E-state index contributed by atoms with van der Waals surface area (Å²) >= 11 is 0. The van der Waals surface area contributed by atoms with Gasteiger partial charge in [-0.3, -0.25) is 4.79 Å². The smallest absolute Gasteiger partial charge is 0.390 e. The van der Waals surface area contributed by atoms with Gasteiger partial charge >= 0.3 is 5.91 Å².